The molecule has 0 spiro atoms. The van der Waals surface area contributed by atoms with E-state index in [1.54, 1.807) is 0 Å². The third kappa shape index (κ3) is 3.23. The van der Waals surface area contributed by atoms with Crippen LogP contribution in [0.2, 0.25) is 0 Å². The Morgan fingerprint density at radius 3 is 2.55 bits per heavy atom. The molecule has 2 rings (SSSR count). The van der Waals surface area contributed by atoms with E-state index >= 15 is 0 Å². The normalized spacial score (nSPS) is 13.7. The van der Waals surface area contributed by atoms with Gasteiger partial charge in [0.2, 0.25) is 10.0 Å². The Balaban J connectivity index is 2.23. The molecule has 20 heavy (non-hydrogen) atoms. The first-order chi connectivity index (χ1) is 9.41. The number of nitrogens with two attached hydrogens (primary N) is 1. The Morgan fingerprint density at radius 2 is 1.95 bits per heavy atom. The van der Waals surface area contributed by atoms with Gasteiger partial charge in [-0.1, -0.05) is 0 Å². The molecule has 0 saturated heterocycles. The monoisotopic (exact) mass is 302 g/mol. The molecular formula is C11H14N2O6S. The molecule has 0 aromatic heterocycles. The van der Waals surface area contributed by atoms with Gasteiger partial charge in [0.25, 0.3) is 0 Å². The van der Waals surface area contributed by atoms with Crippen LogP contribution in [-0.2, 0) is 19.6 Å². The van der Waals surface area contributed by atoms with Crippen LogP contribution in [0.4, 0.5) is 11.4 Å². The fourth-order valence-electron chi connectivity index (χ4n) is 1.61. The first-order valence-corrected chi connectivity index (χ1v) is 7.33. The van der Waals surface area contributed by atoms with E-state index in [4.69, 9.17) is 15.2 Å². The molecule has 110 valence electrons. The minimum absolute atomic E-state index is 0.123. The summed E-state index contributed by atoms with van der Waals surface area (Å²) in [5, 5.41) is 0. The zero-order chi connectivity index (χ0) is 14.8. The zero-order valence-corrected chi connectivity index (χ0v) is 11.5. The molecule has 0 amide bonds. The number of fused-ring (bicyclic) bond motifs is 1. The summed E-state index contributed by atoms with van der Waals surface area (Å²) in [6, 6.07) is 2.88. The molecule has 8 nitrogen and oxygen atoms in total. The number of hydrogen-bond acceptors (Lipinski definition) is 7. The maximum absolute atomic E-state index is 11.8. The van der Waals surface area contributed by atoms with Crippen LogP contribution in [0.25, 0.3) is 0 Å². The smallest absolute Gasteiger partial charge is 0.322 e. The third-order valence-corrected chi connectivity index (χ3v) is 3.66. The maximum Gasteiger partial charge on any atom is 0.322 e. The number of carbonyl (C=O) groups excluding carboxylic acids is 1. The average molecular weight is 302 g/mol. The van der Waals surface area contributed by atoms with E-state index in [2.05, 4.69) is 9.46 Å². The van der Waals surface area contributed by atoms with Crippen LogP contribution >= 0.6 is 0 Å². The van der Waals surface area contributed by atoms with Crippen LogP contribution < -0.4 is 19.9 Å². The lowest BCUT2D eigenvalue weighted by Crippen LogP contribution is -2.24. The molecule has 0 fully saturated rings. The van der Waals surface area contributed by atoms with Gasteiger partial charge in [0.15, 0.2) is 17.3 Å². The van der Waals surface area contributed by atoms with Crippen molar-refractivity contribution in [3.05, 3.63) is 12.1 Å². The number of carbonyl (C=O) groups is 1. The number of sulfonamides is 1. The molecule has 0 aliphatic carbocycles. The Kier molecular flexibility index (Phi) is 3.89. The van der Waals surface area contributed by atoms with Crippen molar-refractivity contribution in [1.82, 2.24) is 0 Å². The van der Waals surface area contributed by atoms with E-state index in [1.165, 1.54) is 12.1 Å². The molecule has 0 bridgehead atoms. The van der Waals surface area contributed by atoms with Gasteiger partial charge in [0, 0.05) is 12.1 Å². The van der Waals surface area contributed by atoms with Crippen molar-refractivity contribution in [3.63, 3.8) is 0 Å². The lowest BCUT2D eigenvalue weighted by Gasteiger charge is -2.20. The highest BCUT2D eigenvalue weighted by Crippen LogP contribution is 2.37. The fraction of sp³-hybridized carbons (Fsp3) is 0.364. The molecule has 1 aromatic carbocycles. The molecule has 1 aliphatic rings. The lowest BCUT2D eigenvalue weighted by atomic mass is 10.2. The summed E-state index contributed by atoms with van der Waals surface area (Å²) < 4.78 is 40.7. The minimum Gasteiger partial charge on any atom is -0.486 e. The topological polar surface area (TPSA) is 117 Å². The summed E-state index contributed by atoms with van der Waals surface area (Å²) in [7, 11) is -2.79. The van der Waals surface area contributed by atoms with E-state index in [0.717, 1.165) is 7.11 Å². The SMILES string of the molecule is COC(=O)CS(=O)(=O)Nc1cc2c(cc1N)OCCO2. The molecule has 3 N–H and O–H groups in total. The number of methoxy groups -OCH3 is 1. The quantitative estimate of drug-likeness (QED) is 0.591. The Bertz CT molecular complexity index is 628. The number of benzene rings is 1. The summed E-state index contributed by atoms with van der Waals surface area (Å²) in [4.78, 5) is 11.0. The first-order valence-electron chi connectivity index (χ1n) is 5.68. The van der Waals surface area contributed by atoms with Crippen LogP contribution in [0.15, 0.2) is 12.1 Å². The van der Waals surface area contributed by atoms with E-state index in [-0.39, 0.29) is 11.4 Å². The summed E-state index contributed by atoms with van der Waals surface area (Å²) in [6.07, 6.45) is 0. The number of anilines is 2. The van der Waals surface area contributed by atoms with E-state index in [9.17, 15) is 13.2 Å². The fourth-order valence-corrected chi connectivity index (χ4v) is 2.62. The van der Waals surface area contributed by atoms with Gasteiger partial charge in [-0.15, -0.1) is 0 Å². The Morgan fingerprint density at radius 1 is 1.35 bits per heavy atom. The van der Waals surface area contributed by atoms with Crippen molar-refractivity contribution in [1.29, 1.82) is 0 Å². The summed E-state index contributed by atoms with van der Waals surface area (Å²) in [5.74, 6) is -0.823. The summed E-state index contributed by atoms with van der Waals surface area (Å²) in [5.41, 5.74) is 6.03. The molecule has 1 heterocycles. The van der Waals surface area contributed by atoms with E-state index < -0.39 is 21.7 Å². The second kappa shape index (κ2) is 5.45. The molecule has 0 atom stereocenters. The Hall–Kier alpha value is -2.16. The number of rotatable bonds is 4. The van der Waals surface area contributed by atoms with Crippen molar-refractivity contribution >= 4 is 27.4 Å². The summed E-state index contributed by atoms with van der Waals surface area (Å²) in [6.45, 7) is 0.769. The minimum atomic E-state index is -3.90. The molecule has 1 aliphatic heterocycles. The number of esters is 1. The van der Waals surface area contributed by atoms with Crippen molar-refractivity contribution in [3.8, 4) is 11.5 Å². The second-order valence-corrected chi connectivity index (χ2v) is 5.74. The first kappa shape index (κ1) is 14.3. The van der Waals surface area contributed by atoms with E-state index in [1.807, 2.05) is 0 Å². The standard InChI is InChI=1S/C11H14N2O6S/c1-17-11(14)6-20(15,16)13-8-5-10-9(4-7(8)12)18-2-3-19-10/h4-5,13H,2-3,6,12H2,1H3. The van der Waals surface area contributed by atoms with E-state index in [0.29, 0.717) is 24.7 Å². The molecule has 1 aromatic rings. The Labute approximate surface area is 115 Å². The highest BCUT2D eigenvalue weighted by molar-refractivity contribution is 7.93. The van der Waals surface area contributed by atoms with Gasteiger partial charge >= 0.3 is 5.97 Å². The van der Waals surface area contributed by atoms with Gasteiger partial charge in [-0.3, -0.25) is 9.52 Å². The van der Waals surface area contributed by atoms with Crippen LogP contribution in [0.5, 0.6) is 11.5 Å². The van der Waals surface area contributed by atoms with Crippen LogP contribution in [0.1, 0.15) is 0 Å². The molecule has 0 radical (unpaired) electrons. The number of hydrogen-bond donors (Lipinski definition) is 2. The largest absolute Gasteiger partial charge is 0.486 e. The predicted octanol–water partition coefficient (Wildman–Crippen LogP) is -0.0453. The molecule has 9 heteroatoms. The van der Waals surface area contributed by atoms with Gasteiger partial charge in [0.05, 0.1) is 18.5 Å². The van der Waals surface area contributed by atoms with Gasteiger partial charge in [-0.2, -0.15) is 0 Å². The maximum atomic E-state index is 11.8. The molecular weight excluding hydrogens is 288 g/mol. The third-order valence-electron chi connectivity index (χ3n) is 2.52. The van der Waals surface area contributed by atoms with Crippen LogP contribution in [0.3, 0.4) is 0 Å². The molecule has 0 unspecified atom stereocenters. The van der Waals surface area contributed by atoms with Crippen LogP contribution in [-0.4, -0.2) is 40.5 Å². The highest BCUT2D eigenvalue weighted by Gasteiger charge is 2.20. The number of ether oxygens (including phenoxy) is 3. The predicted molar refractivity (Wildman–Crippen MR) is 71.3 cm³/mol. The second-order valence-electron chi connectivity index (χ2n) is 4.02. The highest BCUT2D eigenvalue weighted by atomic mass is 32.2. The van der Waals surface area contributed by atoms with Crippen molar-refractivity contribution < 1.29 is 27.4 Å². The van der Waals surface area contributed by atoms with Crippen molar-refractivity contribution in [2.75, 3.05) is 36.5 Å². The van der Waals surface area contributed by atoms with Crippen LogP contribution in [0, 0.1) is 0 Å². The van der Waals surface area contributed by atoms with Crippen molar-refractivity contribution in [2.45, 2.75) is 0 Å². The van der Waals surface area contributed by atoms with Gasteiger partial charge in [-0.25, -0.2) is 8.42 Å². The average Bonchev–Trinajstić information content (AvgIpc) is 2.38. The van der Waals surface area contributed by atoms with Crippen molar-refractivity contribution in [2.24, 2.45) is 0 Å². The van der Waals surface area contributed by atoms with Gasteiger partial charge in [-0.05, 0) is 0 Å². The lowest BCUT2D eigenvalue weighted by molar-refractivity contribution is -0.137. The van der Waals surface area contributed by atoms with Gasteiger partial charge in [0.1, 0.15) is 13.2 Å². The summed E-state index contributed by atoms with van der Waals surface area (Å²) >= 11 is 0. The van der Waals surface area contributed by atoms with Gasteiger partial charge < -0.3 is 19.9 Å². The zero-order valence-electron chi connectivity index (χ0n) is 10.7. The number of nitrogens with one attached hydrogen (secondary N) is 1. The molecule has 0 saturated carbocycles. The number of nitrogen functional groups attached to an aromatic ring is 1.